The monoisotopic (exact) mass is 324 g/mol. The number of hydrogen-bond donors (Lipinski definition) is 2. The predicted molar refractivity (Wildman–Crippen MR) is 83.9 cm³/mol. The first-order valence-corrected chi connectivity index (χ1v) is 9.29. The third kappa shape index (κ3) is 2.59. The quantitative estimate of drug-likeness (QED) is 0.856. The Morgan fingerprint density at radius 1 is 1.32 bits per heavy atom. The number of ether oxygens (including phenoxy) is 1. The molecule has 0 aliphatic carbocycles. The van der Waals surface area contributed by atoms with Gasteiger partial charge in [-0.15, -0.1) is 0 Å². The lowest BCUT2D eigenvalue weighted by atomic mass is 9.95. The number of fused-ring (bicyclic) bond motifs is 1. The number of anilines is 1. The average Bonchev–Trinajstić information content (AvgIpc) is 2.94. The fourth-order valence-electron chi connectivity index (χ4n) is 3.11. The molecule has 1 aromatic rings. The lowest BCUT2D eigenvalue weighted by Gasteiger charge is -2.34. The van der Waals surface area contributed by atoms with Crippen LogP contribution in [-0.2, 0) is 21.1 Å². The van der Waals surface area contributed by atoms with E-state index in [9.17, 15) is 13.2 Å². The van der Waals surface area contributed by atoms with Gasteiger partial charge in [-0.2, -0.15) is 0 Å². The van der Waals surface area contributed by atoms with Gasteiger partial charge in [0.15, 0.2) is 14.6 Å². The summed E-state index contributed by atoms with van der Waals surface area (Å²) in [6.45, 7) is 1.70. The highest BCUT2D eigenvalue weighted by atomic mass is 32.2. The third-order valence-corrected chi connectivity index (χ3v) is 6.50. The Bertz CT molecular complexity index is 693. The molecule has 0 unspecified atom stereocenters. The standard InChI is InChI=1S/C15H20N2O4S/c1-22(19,20)15(5-7-16-8-6-15)14(18)17-12-2-3-13-11(10-12)4-9-21-13/h2-3,10,16H,4-9H2,1H3,(H,17,18). The molecule has 1 fully saturated rings. The van der Waals surface area contributed by atoms with Crippen LogP contribution >= 0.6 is 0 Å². The van der Waals surface area contributed by atoms with Crippen LogP contribution in [0.15, 0.2) is 18.2 Å². The predicted octanol–water partition coefficient (Wildman–Crippen LogP) is 0.727. The molecule has 1 amide bonds. The van der Waals surface area contributed by atoms with Crippen LogP contribution in [0.25, 0.3) is 0 Å². The molecule has 0 bridgehead atoms. The third-order valence-electron chi connectivity index (χ3n) is 4.48. The van der Waals surface area contributed by atoms with E-state index in [1.165, 1.54) is 0 Å². The van der Waals surface area contributed by atoms with E-state index in [0.717, 1.165) is 24.0 Å². The molecule has 0 radical (unpaired) electrons. The summed E-state index contributed by atoms with van der Waals surface area (Å²) in [6.07, 6.45) is 2.55. The molecule has 22 heavy (non-hydrogen) atoms. The number of amides is 1. The second-order valence-corrected chi connectivity index (χ2v) is 8.22. The summed E-state index contributed by atoms with van der Waals surface area (Å²) in [4.78, 5) is 12.7. The molecular formula is C15H20N2O4S. The maximum Gasteiger partial charge on any atom is 0.245 e. The van der Waals surface area contributed by atoms with Crippen molar-refractivity contribution in [2.24, 2.45) is 0 Å². The molecule has 0 saturated carbocycles. The highest BCUT2D eigenvalue weighted by Gasteiger charge is 2.48. The van der Waals surface area contributed by atoms with Crippen molar-refractivity contribution < 1.29 is 17.9 Å². The van der Waals surface area contributed by atoms with Crippen molar-refractivity contribution in [3.8, 4) is 5.75 Å². The van der Waals surface area contributed by atoms with Gasteiger partial charge in [-0.1, -0.05) is 0 Å². The number of carbonyl (C=O) groups is 1. The van der Waals surface area contributed by atoms with Crippen LogP contribution in [0.2, 0.25) is 0 Å². The zero-order chi connectivity index (χ0) is 15.8. The van der Waals surface area contributed by atoms with Gasteiger partial charge in [-0.05, 0) is 49.7 Å². The smallest absolute Gasteiger partial charge is 0.245 e. The number of benzene rings is 1. The molecule has 2 aliphatic heterocycles. The molecule has 120 valence electrons. The van der Waals surface area contributed by atoms with E-state index in [1.807, 2.05) is 12.1 Å². The first kappa shape index (κ1) is 15.3. The number of piperidine rings is 1. The van der Waals surface area contributed by atoms with Gasteiger partial charge < -0.3 is 15.4 Å². The van der Waals surface area contributed by atoms with Crippen molar-refractivity contribution in [2.75, 3.05) is 31.3 Å². The Labute approximate surface area is 130 Å². The summed E-state index contributed by atoms with van der Waals surface area (Å²) >= 11 is 0. The van der Waals surface area contributed by atoms with E-state index in [4.69, 9.17) is 4.74 Å². The molecule has 1 aromatic carbocycles. The minimum absolute atomic E-state index is 0.297. The van der Waals surface area contributed by atoms with Gasteiger partial charge in [-0.25, -0.2) is 8.42 Å². The van der Waals surface area contributed by atoms with Crippen molar-refractivity contribution in [1.29, 1.82) is 0 Å². The molecule has 2 aliphatic rings. The molecule has 7 heteroatoms. The van der Waals surface area contributed by atoms with Gasteiger partial charge >= 0.3 is 0 Å². The summed E-state index contributed by atoms with van der Waals surface area (Å²) < 4.78 is 28.5. The van der Waals surface area contributed by atoms with Crippen molar-refractivity contribution >= 4 is 21.4 Å². The van der Waals surface area contributed by atoms with Crippen LogP contribution in [0.5, 0.6) is 5.75 Å². The van der Waals surface area contributed by atoms with E-state index in [2.05, 4.69) is 10.6 Å². The van der Waals surface area contributed by atoms with Crippen molar-refractivity contribution in [1.82, 2.24) is 5.32 Å². The minimum Gasteiger partial charge on any atom is -0.493 e. The number of hydrogen-bond acceptors (Lipinski definition) is 5. The summed E-state index contributed by atoms with van der Waals surface area (Å²) in [5.74, 6) is 0.396. The molecule has 2 N–H and O–H groups in total. The average molecular weight is 324 g/mol. The number of sulfone groups is 1. The zero-order valence-electron chi connectivity index (χ0n) is 12.5. The Morgan fingerprint density at radius 2 is 2.05 bits per heavy atom. The topological polar surface area (TPSA) is 84.5 Å². The summed E-state index contributed by atoms with van der Waals surface area (Å²) in [5.41, 5.74) is 1.66. The lowest BCUT2D eigenvalue weighted by Crippen LogP contribution is -2.55. The maximum absolute atomic E-state index is 12.7. The Hall–Kier alpha value is -1.60. The second-order valence-electron chi connectivity index (χ2n) is 5.89. The van der Waals surface area contributed by atoms with Gasteiger partial charge in [0, 0.05) is 18.4 Å². The first-order valence-electron chi connectivity index (χ1n) is 7.40. The highest BCUT2D eigenvalue weighted by molar-refractivity contribution is 7.92. The van der Waals surface area contributed by atoms with Crippen LogP contribution in [0, 0.1) is 0 Å². The number of rotatable bonds is 3. The SMILES string of the molecule is CS(=O)(=O)C1(C(=O)Nc2ccc3c(c2)CCO3)CCNCC1. The number of nitrogens with one attached hydrogen (secondary N) is 2. The molecule has 1 saturated heterocycles. The fourth-order valence-corrected chi connectivity index (χ4v) is 4.44. The van der Waals surface area contributed by atoms with E-state index in [0.29, 0.717) is 38.2 Å². The van der Waals surface area contributed by atoms with Crippen LogP contribution in [-0.4, -0.2) is 45.0 Å². The van der Waals surface area contributed by atoms with E-state index < -0.39 is 20.5 Å². The second kappa shape index (κ2) is 5.55. The van der Waals surface area contributed by atoms with Crippen molar-refractivity contribution in [3.63, 3.8) is 0 Å². The van der Waals surface area contributed by atoms with Crippen LogP contribution in [0.4, 0.5) is 5.69 Å². The van der Waals surface area contributed by atoms with Gasteiger partial charge in [0.05, 0.1) is 6.61 Å². The maximum atomic E-state index is 12.7. The van der Waals surface area contributed by atoms with Gasteiger partial charge in [0.1, 0.15) is 5.75 Å². The van der Waals surface area contributed by atoms with Crippen LogP contribution in [0.1, 0.15) is 18.4 Å². The van der Waals surface area contributed by atoms with E-state index in [1.54, 1.807) is 6.07 Å². The minimum atomic E-state index is -3.50. The largest absolute Gasteiger partial charge is 0.493 e. The highest BCUT2D eigenvalue weighted by Crippen LogP contribution is 2.31. The number of carbonyl (C=O) groups excluding carboxylic acids is 1. The Kier molecular flexibility index (Phi) is 3.86. The van der Waals surface area contributed by atoms with Crippen molar-refractivity contribution in [3.05, 3.63) is 23.8 Å². The summed E-state index contributed by atoms with van der Waals surface area (Å²) in [6, 6.07) is 5.42. The molecule has 2 heterocycles. The zero-order valence-corrected chi connectivity index (χ0v) is 13.3. The van der Waals surface area contributed by atoms with E-state index >= 15 is 0 Å². The van der Waals surface area contributed by atoms with Gasteiger partial charge in [0.2, 0.25) is 5.91 Å². The molecule has 0 atom stereocenters. The molecule has 0 spiro atoms. The fraction of sp³-hybridized carbons (Fsp3) is 0.533. The molecule has 0 aromatic heterocycles. The Morgan fingerprint density at radius 3 is 2.73 bits per heavy atom. The van der Waals surface area contributed by atoms with Gasteiger partial charge in [0.25, 0.3) is 0 Å². The first-order chi connectivity index (χ1) is 10.4. The molecule has 6 nitrogen and oxygen atoms in total. The lowest BCUT2D eigenvalue weighted by molar-refractivity contribution is -0.119. The van der Waals surface area contributed by atoms with Crippen LogP contribution < -0.4 is 15.4 Å². The van der Waals surface area contributed by atoms with Crippen molar-refractivity contribution in [2.45, 2.75) is 24.0 Å². The van der Waals surface area contributed by atoms with Crippen LogP contribution in [0.3, 0.4) is 0 Å². The van der Waals surface area contributed by atoms with E-state index in [-0.39, 0.29) is 0 Å². The molecule has 3 rings (SSSR count). The normalized spacial score (nSPS) is 20.0. The summed E-state index contributed by atoms with van der Waals surface area (Å²) in [5, 5.41) is 5.89. The molecular weight excluding hydrogens is 304 g/mol. The Balaban J connectivity index is 1.85. The van der Waals surface area contributed by atoms with Gasteiger partial charge in [-0.3, -0.25) is 4.79 Å². The summed E-state index contributed by atoms with van der Waals surface area (Å²) in [7, 11) is -3.50.